The van der Waals surface area contributed by atoms with Gasteiger partial charge in [0.05, 0.1) is 5.56 Å². The summed E-state index contributed by atoms with van der Waals surface area (Å²) >= 11 is 0. The fourth-order valence-corrected chi connectivity index (χ4v) is 5.31. The Balaban J connectivity index is 1.84. The Labute approximate surface area is 106 Å². The van der Waals surface area contributed by atoms with Gasteiger partial charge in [-0.15, -0.1) is 0 Å². The average molecular weight is 243 g/mol. The van der Waals surface area contributed by atoms with Crippen LogP contribution in [0.1, 0.15) is 49.8 Å². The molecule has 0 aliphatic heterocycles. The molecule has 1 aromatic heterocycles. The van der Waals surface area contributed by atoms with Crippen LogP contribution in [0.25, 0.3) is 0 Å². The second-order valence-corrected chi connectivity index (χ2v) is 6.58. The Morgan fingerprint density at radius 1 is 1.17 bits per heavy atom. The zero-order valence-corrected chi connectivity index (χ0v) is 10.4. The number of nitrogens with zero attached hydrogens (tertiary/aromatic N) is 2. The summed E-state index contributed by atoms with van der Waals surface area (Å²) in [5, 5.41) is 13.0. The van der Waals surface area contributed by atoms with E-state index in [-0.39, 0.29) is 5.41 Å². The molecule has 0 aromatic carbocycles. The average Bonchev–Trinajstić information content (AvgIpc) is 2.69. The van der Waals surface area contributed by atoms with Crippen LogP contribution in [-0.4, -0.2) is 5.16 Å². The van der Waals surface area contributed by atoms with Crippen molar-refractivity contribution in [1.29, 1.82) is 5.26 Å². The van der Waals surface area contributed by atoms with E-state index in [0.717, 1.165) is 23.3 Å². The van der Waals surface area contributed by atoms with Crippen molar-refractivity contribution in [3.63, 3.8) is 0 Å². The smallest absolute Gasteiger partial charge is 0.242 e. The van der Waals surface area contributed by atoms with Crippen LogP contribution in [-0.2, 0) is 5.41 Å². The van der Waals surface area contributed by atoms with Crippen LogP contribution >= 0.6 is 0 Å². The number of nitrogens with two attached hydrogens (primary N) is 1. The molecule has 1 aromatic rings. The summed E-state index contributed by atoms with van der Waals surface area (Å²) in [5.74, 6) is 3.30. The maximum atomic E-state index is 9.19. The molecule has 0 radical (unpaired) electrons. The lowest BCUT2D eigenvalue weighted by molar-refractivity contribution is -0.00527. The van der Waals surface area contributed by atoms with E-state index in [2.05, 4.69) is 11.2 Å². The molecule has 4 nitrogen and oxygen atoms in total. The molecule has 4 aliphatic rings. The minimum Gasteiger partial charge on any atom is -0.381 e. The molecule has 4 aliphatic carbocycles. The molecule has 0 saturated heterocycles. The molecule has 2 N–H and O–H groups in total. The van der Waals surface area contributed by atoms with Gasteiger partial charge < -0.3 is 10.3 Å². The van der Waals surface area contributed by atoms with Crippen molar-refractivity contribution >= 4 is 5.82 Å². The molecule has 18 heavy (non-hydrogen) atoms. The second kappa shape index (κ2) is 3.28. The van der Waals surface area contributed by atoms with Crippen LogP contribution in [0.3, 0.4) is 0 Å². The summed E-state index contributed by atoms with van der Waals surface area (Å²) < 4.78 is 5.10. The number of aromatic nitrogens is 1. The van der Waals surface area contributed by atoms with E-state index >= 15 is 0 Å². The summed E-state index contributed by atoms with van der Waals surface area (Å²) in [6, 6.07) is 2.13. The van der Waals surface area contributed by atoms with Crippen molar-refractivity contribution in [2.45, 2.75) is 43.9 Å². The Kier molecular flexibility index (Phi) is 1.90. The highest BCUT2D eigenvalue weighted by atomic mass is 16.5. The fraction of sp³-hybridized carbons (Fsp3) is 0.714. The van der Waals surface area contributed by atoms with E-state index < -0.39 is 0 Å². The van der Waals surface area contributed by atoms with Gasteiger partial charge in [-0.25, -0.2) is 0 Å². The summed E-state index contributed by atoms with van der Waals surface area (Å²) in [6.07, 6.45) is 7.68. The molecule has 4 saturated carbocycles. The van der Waals surface area contributed by atoms with Crippen LogP contribution in [0.5, 0.6) is 0 Å². The third-order valence-corrected chi connectivity index (χ3v) is 5.39. The van der Waals surface area contributed by atoms with Crippen LogP contribution in [0.2, 0.25) is 0 Å². The van der Waals surface area contributed by atoms with Gasteiger partial charge in [0.25, 0.3) is 0 Å². The second-order valence-electron chi connectivity index (χ2n) is 6.58. The normalized spacial score (nSPS) is 40.9. The van der Waals surface area contributed by atoms with Crippen molar-refractivity contribution in [2.24, 2.45) is 17.8 Å². The molecule has 5 rings (SSSR count). The lowest BCUT2D eigenvalue weighted by Crippen LogP contribution is -2.48. The zero-order chi connectivity index (χ0) is 12.3. The zero-order valence-electron chi connectivity index (χ0n) is 10.4. The van der Waals surface area contributed by atoms with Gasteiger partial charge in [0.15, 0.2) is 5.82 Å². The maximum absolute atomic E-state index is 9.19. The summed E-state index contributed by atoms with van der Waals surface area (Å²) in [4.78, 5) is 0. The monoisotopic (exact) mass is 243 g/mol. The van der Waals surface area contributed by atoms with Gasteiger partial charge in [-0.1, -0.05) is 5.16 Å². The Morgan fingerprint density at radius 2 is 1.72 bits per heavy atom. The first-order valence-electron chi connectivity index (χ1n) is 6.86. The van der Waals surface area contributed by atoms with Crippen LogP contribution in [0.15, 0.2) is 4.52 Å². The minimum absolute atomic E-state index is 0.101. The Morgan fingerprint density at radius 3 is 2.22 bits per heavy atom. The quantitative estimate of drug-likeness (QED) is 0.822. The van der Waals surface area contributed by atoms with Gasteiger partial charge in [-0.2, -0.15) is 5.26 Å². The van der Waals surface area contributed by atoms with Gasteiger partial charge in [-0.05, 0) is 56.3 Å². The van der Waals surface area contributed by atoms with E-state index in [1.807, 2.05) is 0 Å². The van der Waals surface area contributed by atoms with Crippen LogP contribution < -0.4 is 5.73 Å². The van der Waals surface area contributed by atoms with Crippen molar-refractivity contribution in [3.8, 4) is 6.07 Å². The van der Waals surface area contributed by atoms with E-state index in [9.17, 15) is 5.26 Å². The lowest BCUT2D eigenvalue weighted by atomic mass is 9.48. The summed E-state index contributed by atoms with van der Waals surface area (Å²) in [6.45, 7) is 0. The lowest BCUT2D eigenvalue weighted by Gasteiger charge is -2.56. The number of nitrogen functional groups attached to an aromatic ring is 1. The SMILES string of the molecule is N#Cc1onc(N)c1C12CC3CC(CC(C3)C1)C2. The van der Waals surface area contributed by atoms with Crippen molar-refractivity contribution in [3.05, 3.63) is 11.3 Å². The molecule has 4 heteroatoms. The molecule has 0 spiro atoms. The number of hydrogen-bond donors (Lipinski definition) is 1. The molecule has 4 bridgehead atoms. The standard InChI is InChI=1S/C14H17N3O/c15-7-11-12(13(16)17-18-11)14-4-8-1-9(5-14)3-10(2-8)6-14/h8-10H,1-6H2,(H2,16,17). The van der Waals surface area contributed by atoms with E-state index in [4.69, 9.17) is 10.3 Å². The predicted molar refractivity (Wildman–Crippen MR) is 65.5 cm³/mol. The maximum Gasteiger partial charge on any atom is 0.242 e. The molecule has 0 unspecified atom stereocenters. The Bertz CT molecular complexity index is 504. The number of nitriles is 1. The fourth-order valence-electron chi connectivity index (χ4n) is 5.31. The molecule has 94 valence electrons. The van der Waals surface area contributed by atoms with Gasteiger partial charge in [-0.3, -0.25) is 0 Å². The minimum atomic E-state index is 0.101. The van der Waals surface area contributed by atoms with Crippen LogP contribution in [0.4, 0.5) is 5.82 Å². The van der Waals surface area contributed by atoms with Crippen molar-refractivity contribution in [2.75, 3.05) is 5.73 Å². The number of anilines is 1. The predicted octanol–water partition coefficient (Wildman–Crippen LogP) is 2.60. The first-order valence-corrected chi connectivity index (χ1v) is 6.86. The molecule has 0 amide bonds. The number of rotatable bonds is 1. The van der Waals surface area contributed by atoms with Gasteiger partial charge in [0, 0.05) is 5.41 Å². The third kappa shape index (κ3) is 1.22. The van der Waals surface area contributed by atoms with Crippen LogP contribution in [0, 0.1) is 29.1 Å². The topological polar surface area (TPSA) is 75.8 Å². The molecular weight excluding hydrogens is 226 g/mol. The molecule has 0 atom stereocenters. The highest BCUT2D eigenvalue weighted by Crippen LogP contribution is 2.61. The third-order valence-electron chi connectivity index (χ3n) is 5.39. The summed E-state index contributed by atoms with van der Waals surface area (Å²) in [7, 11) is 0. The number of hydrogen-bond acceptors (Lipinski definition) is 4. The van der Waals surface area contributed by atoms with E-state index in [1.54, 1.807) is 0 Å². The van der Waals surface area contributed by atoms with Crippen molar-refractivity contribution in [1.82, 2.24) is 5.16 Å². The van der Waals surface area contributed by atoms with E-state index in [1.165, 1.54) is 38.5 Å². The first-order chi connectivity index (χ1) is 8.70. The van der Waals surface area contributed by atoms with Gasteiger partial charge in [0.1, 0.15) is 6.07 Å². The largest absolute Gasteiger partial charge is 0.381 e. The first kappa shape index (κ1) is 10.4. The van der Waals surface area contributed by atoms with Gasteiger partial charge in [0.2, 0.25) is 5.76 Å². The Hall–Kier alpha value is -1.50. The molecule has 1 heterocycles. The highest BCUT2D eigenvalue weighted by Gasteiger charge is 2.54. The molecule has 4 fully saturated rings. The molecular formula is C14H17N3O. The van der Waals surface area contributed by atoms with Crippen molar-refractivity contribution < 1.29 is 4.52 Å². The van der Waals surface area contributed by atoms with Gasteiger partial charge >= 0.3 is 0 Å². The van der Waals surface area contributed by atoms with E-state index in [0.29, 0.717) is 11.6 Å². The highest BCUT2D eigenvalue weighted by molar-refractivity contribution is 5.51. The summed E-state index contributed by atoms with van der Waals surface area (Å²) in [5.41, 5.74) is 7.02.